The van der Waals surface area contributed by atoms with Crippen LogP contribution in [0.25, 0.3) is 0 Å². The summed E-state index contributed by atoms with van der Waals surface area (Å²) in [6, 6.07) is 16.8. The normalized spacial score (nSPS) is 26.7. The average Bonchev–Trinajstić information content (AvgIpc) is 3.31. The highest BCUT2D eigenvalue weighted by Gasteiger charge is 2.60. The van der Waals surface area contributed by atoms with Gasteiger partial charge >= 0.3 is 0 Å². The number of nitrogens with one attached hydrogen (secondary N) is 1. The third-order valence-corrected chi connectivity index (χ3v) is 9.45. The van der Waals surface area contributed by atoms with Gasteiger partial charge in [0.1, 0.15) is 5.41 Å². The van der Waals surface area contributed by atoms with Crippen molar-refractivity contribution in [3.8, 4) is 6.07 Å². The van der Waals surface area contributed by atoms with Crippen molar-refractivity contribution in [3.63, 3.8) is 0 Å². The van der Waals surface area contributed by atoms with Crippen LogP contribution < -0.4 is 5.32 Å². The molecule has 3 fully saturated rings. The highest BCUT2D eigenvalue weighted by Crippen LogP contribution is 2.51. The molecule has 2 aromatic carbocycles. The van der Waals surface area contributed by atoms with E-state index in [0.29, 0.717) is 75.5 Å². The molecule has 43 heavy (non-hydrogen) atoms. The number of hydrogen-bond acceptors (Lipinski definition) is 6. The van der Waals surface area contributed by atoms with E-state index in [1.807, 2.05) is 58.3 Å². The molecule has 3 saturated heterocycles. The van der Waals surface area contributed by atoms with Crippen molar-refractivity contribution in [2.45, 2.75) is 50.6 Å². The molecule has 4 atom stereocenters. The number of piperazine rings is 1. The van der Waals surface area contributed by atoms with Gasteiger partial charge < -0.3 is 19.9 Å². The van der Waals surface area contributed by atoms with Gasteiger partial charge in [0.15, 0.2) is 0 Å². The van der Waals surface area contributed by atoms with Crippen molar-refractivity contribution >= 4 is 35.0 Å². The number of halogens is 2. The summed E-state index contributed by atoms with van der Waals surface area (Å²) in [4.78, 5) is 33.1. The maximum Gasteiger partial charge on any atom is 0.240 e. The monoisotopic (exact) mass is 625 g/mol. The van der Waals surface area contributed by atoms with E-state index in [1.165, 1.54) is 0 Å². The zero-order valence-corrected chi connectivity index (χ0v) is 26.7. The maximum absolute atomic E-state index is 14.4. The topological polar surface area (TPSA) is 88.9 Å². The van der Waals surface area contributed by atoms with Gasteiger partial charge in [-0.1, -0.05) is 68.2 Å². The number of benzene rings is 2. The summed E-state index contributed by atoms with van der Waals surface area (Å²) in [6.07, 6.45) is 0.682. The molecule has 8 nitrogen and oxygen atoms in total. The second-order valence-corrected chi connectivity index (χ2v) is 13.9. The lowest BCUT2D eigenvalue weighted by Crippen LogP contribution is -2.56. The van der Waals surface area contributed by atoms with E-state index in [-0.39, 0.29) is 23.3 Å². The lowest BCUT2D eigenvalue weighted by molar-refractivity contribution is -0.138. The molecular formula is C33H41Cl2N5O3. The number of morpholine rings is 1. The fourth-order valence-electron chi connectivity index (χ4n) is 6.87. The Hall–Kier alpha value is -2.67. The van der Waals surface area contributed by atoms with Crippen LogP contribution in [0.15, 0.2) is 48.5 Å². The van der Waals surface area contributed by atoms with Gasteiger partial charge in [0.2, 0.25) is 11.8 Å². The van der Waals surface area contributed by atoms with Crippen molar-refractivity contribution in [3.05, 3.63) is 69.7 Å². The Morgan fingerprint density at radius 2 is 1.65 bits per heavy atom. The number of amides is 2. The van der Waals surface area contributed by atoms with Crippen molar-refractivity contribution in [2.75, 3.05) is 59.0 Å². The Morgan fingerprint density at radius 1 is 0.977 bits per heavy atom. The number of hydrogen-bond donors (Lipinski definition) is 1. The first-order chi connectivity index (χ1) is 20.5. The number of rotatable bonds is 6. The van der Waals surface area contributed by atoms with Gasteiger partial charge in [-0.3, -0.25) is 14.5 Å². The summed E-state index contributed by atoms with van der Waals surface area (Å²) in [7, 11) is 0. The third-order valence-electron chi connectivity index (χ3n) is 8.96. The molecule has 10 heteroatoms. The smallest absolute Gasteiger partial charge is 0.240 e. The SMILES string of the molecule is CC(C)(C)CC1NC(C(=O)N2CCN(CC(=O)N3CCOCC3)CC2)C(c2cccc(Cl)c2)C1(C#N)c1ccc(Cl)cc1. The van der Waals surface area contributed by atoms with Gasteiger partial charge in [-0.05, 0) is 47.2 Å². The number of ether oxygens (including phenoxy) is 1. The fourth-order valence-corrected chi connectivity index (χ4v) is 7.20. The molecule has 0 radical (unpaired) electrons. The molecule has 3 aliphatic rings. The molecule has 3 aliphatic heterocycles. The van der Waals surface area contributed by atoms with Crippen molar-refractivity contribution in [1.29, 1.82) is 5.26 Å². The second kappa shape index (κ2) is 13.1. The summed E-state index contributed by atoms with van der Waals surface area (Å²) in [6.45, 7) is 11.5. The zero-order valence-electron chi connectivity index (χ0n) is 25.2. The third kappa shape index (κ3) is 6.87. The van der Waals surface area contributed by atoms with Crippen LogP contribution in [0.1, 0.15) is 44.2 Å². The fraction of sp³-hybridized carbons (Fsp3) is 0.545. The Balaban J connectivity index is 1.44. The minimum absolute atomic E-state index is 0.0332. The number of carbonyl (C=O) groups excluding carboxylic acids is 2. The van der Waals surface area contributed by atoms with Crippen molar-refractivity contribution in [2.24, 2.45) is 5.41 Å². The summed E-state index contributed by atoms with van der Waals surface area (Å²) < 4.78 is 5.38. The van der Waals surface area contributed by atoms with Gasteiger partial charge in [0.25, 0.3) is 0 Å². The van der Waals surface area contributed by atoms with E-state index in [4.69, 9.17) is 27.9 Å². The predicted octanol–water partition coefficient (Wildman–Crippen LogP) is 4.32. The van der Waals surface area contributed by atoms with Crippen molar-refractivity contribution in [1.82, 2.24) is 20.0 Å². The summed E-state index contributed by atoms with van der Waals surface area (Å²) >= 11 is 12.8. The quantitative estimate of drug-likeness (QED) is 0.514. The largest absolute Gasteiger partial charge is 0.378 e. The van der Waals surface area contributed by atoms with Gasteiger partial charge in [-0.2, -0.15) is 5.26 Å². The van der Waals surface area contributed by atoms with E-state index in [0.717, 1.165) is 11.1 Å². The average molecular weight is 627 g/mol. The molecule has 0 spiro atoms. The summed E-state index contributed by atoms with van der Waals surface area (Å²) in [5.74, 6) is -0.416. The first-order valence-corrected chi connectivity index (χ1v) is 15.8. The van der Waals surface area contributed by atoms with E-state index in [9.17, 15) is 14.9 Å². The molecule has 3 heterocycles. The van der Waals surface area contributed by atoms with E-state index in [1.54, 1.807) is 0 Å². The predicted molar refractivity (Wildman–Crippen MR) is 168 cm³/mol. The van der Waals surface area contributed by atoms with E-state index in [2.05, 4.69) is 37.1 Å². The number of nitrogens with zero attached hydrogens (tertiary/aromatic N) is 4. The van der Waals surface area contributed by atoms with Crippen LogP contribution in [0.5, 0.6) is 0 Å². The Bertz CT molecular complexity index is 1340. The lowest BCUT2D eigenvalue weighted by atomic mass is 9.63. The first kappa shape index (κ1) is 31.7. The van der Waals surface area contributed by atoms with Gasteiger partial charge in [-0.25, -0.2) is 0 Å². The molecule has 0 saturated carbocycles. The second-order valence-electron chi connectivity index (χ2n) is 13.1. The van der Waals surface area contributed by atoms with E-state index < -0.39 is 17.4 Å². The molecule has 4 unspecified atom stereocenters. The molecule has 0 bridgehead atoms. The molecule has 2 aromatic rings. The lowest BCUT2D eigenvalue weighted by Gasteiger charge is -2.39. The molecule has 2 amide bonds. The zero-order chi connectivity index (χ0) is 30.8. The summed E-state index contributed by atoms with van der Waals surface area (Å²) in [5.41, 5.74) is 0.519. The molecule has 230 valence electrons. The van der Waals surface area contributed by atoms with Gasteiger partial charge in [-0.15, -0.1) is 0 Å². The highest BCUT2D eigenvalue weighted by atomic mass is 35.5. The van der Waals surface area contributed by atoms with Crippen molar-refractivity contribution < 1.29 is 14.3 Å². The van der Waals surface area contributed by atoms with Crippen LogP contribution in [0.2, 0.25) is 10.0 Å². The van der Waals surface area contributed by atoms with Crippen LogP contribution in [0.3, 0.4) is 0 Å². The molecule has 5 rings (SSSR count). The minimum Gasteiger partial charge on any atom is -0.378 e. The molecule has 0 aliphatic carbocycles. The van der Waals surface area contributed by atoms with Crippen LogP contribution in [-0.4, -0.2) is 97.6 Å². The van der Waals surface area contributed by atoms with Gasteiger partial charge in [0, 0.05) is 61.3 Å². The van der Waals surface area contributed by atoms with Gasteiger partial charge in [0.05, 0.1) is 31.9 Å². The molecule has 1 N–H and O–H groups in total. The first-order valence-electron chi connectivity index (χ1n) is 15.1. The van der Waals surface area contributed by atoms with Crippen LogP contribution in [0, 0.1) is 16.7 Å². The van der Waals surface area contributed by atoms with E-state index >= 15 is 0 Å². The minimum atomic E-state index is -1.05. The van der Waals surface area contributed by atoms with Crippen LogP contribution in [-0.2, 0) is 19.7 Å². The number of carbonyl (C=O) groups is 2. The Labute approximate surface area is 264 Å². The maximum atomic E-state index is 14.4. The van der Waals surface area contributed by atoms with Crippen LogP contribution in [0.4, 0.5) is 0 Å². The van der Waals surface area contributed by atoms with Crippen LogP contribution >= 0.6 is 23.2 Å². The Morgan fingerprint density at radius 3 is 2.26 bits per heavy atom. The molecular weight excluding hydrogens is 585 g/mol. The standard InChI is InChI=1S/C33H41Cl2N5O3/c1-32(2,3)20-27-33(22-36,24-7-9-25(34)10-8-24)29(23-5-4-6-26(35)19-23)30(37-27)31(42)40-13-11-38(12-14-40)21-28(41)39-15-17-43-18-16-39/h4-10,19,27,29-30,37H,11-18,20-21H2,1-3H3. The Kier molecular flexibility index (Phi) is 9.70. The highest BCUT2D eigenvalue weighted by molar-refractivity contribution is 6.30. The summed E-state index contributed by atoms with van der Waals surface area (Å²) in [5, 5.41) is 15.9. The molecule has 0 aromatic heterocycles. The number of nitriles is 1.